The van der Waals surface area contributed by atoms with E-state index in [2.05, 4.69) is 222 Å². The van der Waals surface area contributed by atoms with Crippen LogP contribution in [0.1, 0.15) is 25.0 Å². The van der Waals surface area contributed by atoms with Crippen molar-refractivity contribution in [1.29, 1.82) is 0 Å². The number of hydrogen-bond donors (Lipinski definition) is 0. The van der Waals surface area contributed by atoms with Crippen molar-refractivity contribution in [3.05, 3.63) is 205 Å². The molecule has 2 aliphatic heterocycles. The molecule has 58 heavy (non-hydrogen) atoms. The molecule has 12 rings (SSSR count). The van der Waals surface area contributed by atoms with Crippen LogP contribution in [0.2, 0.25) is 0 Å². The minimum atomic E-state index is -0.247. The molecule has 0 unspecified atom stereocenters. The molecule has 2 aliphatic rings. The number of anilines is 6. The summed E-state index contributed by atoms with van der Waals surface area (Å²) >= 11 is 1.92. The standard InChI is InChI=1S/C53H38BN3S/c1-53(2)41-28-16-17-29-43(41)54-44-31-32-45(56(37-23-11-5-12-24-37)38-25-13-6-14-26-38)48-51(44)57(50-40-27-15-18-30-47(40)58-52(48)50)46-34-39(33-42(53)49(46)54)55(35-19-7-3-8-20-35)36-21-9-4-10-22-36/h3-34H,1-2H3. The first-order valence-electron chi connectivity index (χ1n) is 20.1. The van der Waals surface area contributed by atoms with Gasteiger partial charge < -0.3 is 14.4 Å². The summed E-state index contributed by atoms with van der Waals surface area (Å²) in [6.45, 7) is 4.92. The molecule has 3 nitrogen and oxygen atoms in total. The van der Waals surface area contributed by atoms with Crippen LogP contribution in [0.5, 0.6) is 0 Å². The normalized spacial score (nSPS) is 13.4. The molecule has 0 atom stereocenters. The van der Waals surface area contributed by atoms with Gasteiger partial charge in [-0.2, -0.15) is 0 Å². The molecule has 0 radical (unpaired) electrons. The van der Waals surface area contributed by atoms with Gasteiger partial charge >= 0.3 is 0 Å². The van der Waals surface area contributed by atoms with E-state index in [1.807, 2.05) is 11.3 Å². The van der Waals surface area contributed by atoms with Gasteiger partial charge in [0.1, 0.15) is 0 Å². The summed E-state index contributed by atoms with van der Waals surface area (Å²) in [5.41, 5.74) is 17.4. The maximum atomic E-state index is 2.66. The van der Waals surface area contributed by atoms with E-state index in [9.17, 15) is 0 Å². The van der Waals surface area contributed by atoms with Crippen LogP contribution >= 0.6 is 11.3 Å². The van der Waals surface area contributed by atoms with Crippen molar-refractivity contribution >= 4 is 99.8 Å². The third-order valence-corrected chi connectivity index (χ3v) is 13.8. The van der Waals surface area contributed by atoms with E-state index in [0.29, 0.717) is 0 Å². The van der Waals surface area contributed by atoms with E-state index in [0.717, 1.165) is 28.4 Å². The predicted molar refractivity (Wildman–Crippen MR) is 249 cm³/mol. The third-order valence-electron chi connectivity index (χ3n) is 12.6. The lowest BCUT2D eigenvalue weighted by molar-refractivity contribution is 0.645. The Balaban J connectivity index is 1.26. The Morgan fingerprint density at radius 2 is 1.03 bits per heavy atom. The molecule has 0 saturated heterocycles. The summed E-state index contributed by atoms with van der Waals surface area (Å²) in [7, 11) is 0. The Labute approximate surface area is 342 Å². The first-order valence-corrected chi connectivity index (χ1v) is 21.0. The number of hydrogen-bond acceptors (Lipinski definition) is 3. The molecular weight excluding hydrogens is 721 g/mol. The fourth-order valence-electron chi connectivity index (χ4n) is 10.1. The number of aromatic nitrogens is 1. The fourth-order valence-corrected chi connectivity index (χ4v) is 11.4. The number of para-hydroxylation sites is 4. The van der Waals surface area contributed by atoms with Crippen LogP contribution in [0.25, 0.3) is 36.9 Å². The average molecular weight is 760 g/mol. The largest absolute Gasteiger partial charge is 0.310 e. The zero-order valence-corrected chi connectivity index (χ0v) is 33.1. The van der Waals surface area contributed by atoms with Gasteiger partial charge in [0.25, 0.3) is 0 Å². The molecule has 2 aromatic heterocycles. The summed E-state index contributed by atoms with van der Waals surface area (Å²) in [6.07, 6.45) is 0. The van der Waals surface area contributed by atoms with Crippen LogP contribution in [0.15, 0.2) is 194 Å². The van der Waals surface area contributed by atoms with Gasteiger partial charge in [-0.15, -0.1) is 11.3 Å². The van der Waals surface area contributed by atoms with Gasteiger partial charge in [-0.3, -0.25) is 0 Å². The van der Waals surface area contributed by atoms with Crippen LogP contribution in [-0.4, -0.2) is 11.3 Å². The molecule has 5 heteroatoms. The molecule has 274 valence electrons. The summed E-state index contributed by atoms with van der Waals surface area (Å²) in [5, 5.41) is 2.59. The Kier molecular flexibility index (Phi) is 7.24. The number of thiophene rings is 1. The molecule has 8 aromatic carbocycles. The highest BCUT2D eigenvalue weighted by Gasteiger charge is 2.46. The molecule has 0 N–H and O–H groups in total. The molecule has 0 saturated carbocycles. The van der Waals surface area contributed by atoms with Gasteiger partial charge in [0.05, 0.1) is 21.4 Å². The topological polar surface area (TPSA) is 11.4 Å². The van der Waals surface area contributed by atoms with Gasteiger partial charge in [0, 0.05) is 55.0 Å². The van der Waals surface area contributed by atoms with Crippen molar-refractivity contribution < 1.29 is 0 Å². The van der Waals surface area contributed by atoms with Crippen LogP contribution in [-0.2, 0) is 5.41 Å². The molecule has 0 amide bonds. The Morgan fingerprint density at radius 1 is 0.483 bits per heavy atom. The van der Waals surface area contributed by atoms with E-state index in [1.54, 1.807) is 0 Å². The van der Waals surface area contributed by atoms with Crippen molar-refractivity contribution in [3.8, 4) is 5.69 Å². The fraction of sp³-hybridized carbons (Fsp3) is 0.0566. The Bertz CT molecular complexity index is 3130. The van der Waals surface area contributed by atoms with Crippen LogP contribution in [0.3, 0.4) is 0 Å². The predicted octanol–water partition coefficient (Wildman–Crippen LogP) is 12.4. The minimum Gasteiger partial charge on any atom is -0.310 e. The lowest BCUT2D eigenvalue weighted by Crippen LogP contribution is -2.63. The summed E-state index contributed by atoms with van der Waals surface area (Å²) < 4.78 is 5.28. The second-order valence-electron chi connectivity index (χ2n) is 16.1. The van der Waals surface area contributed by atoms with E-state index >= 15 is 0 Å². The molecule has 0 aliphatic carbocycles. The van der Waals surface area contributed by atoms with E-state index in [4.69, 9.17) is 0 Å². The maximum Gasteiger partial charge on any atom is 0.247 e. The van der Waals surface area contributed by atoms with Crippen molar-refractivity contribution in [2.24, 2.45) is 0 Å². The van der Waals surface area contributed by atoms with Crippen molar-refractivity contribution in [2.75, 3.05) is 9.80 Å². The first kappa shape index (κ1) is 33.3. The average Bonchev–Trinajstić information content (AvgIpc) is 3.82. The second kappa shape index (κ2) is 12.6. The lowest BCUT2D eigenvalue weighted by Gasteiger charge is -2.43. The summed E-state index contributed by atoms with van der Waals surface area (Å²) in [4.78, 5) is 4.89. The SMILES string of the molecule is CC1(C)c2ccccc2B2c3c(cc(N(c4ccccc4)c4ccccc4)cc31)-n1c3c2ccc(N(c2ccccc2)c2ccccc2)c3c2sc3ccccc3c21. The van der Waals surface area contributed by atoms with Crippen LogP contribution in [0.4, 0.5) is 34.1 Å². The zero-order valence-electron chi connectivity index (χ0n) is 32.3. The summed E-state index contributed by atoms with van der Waals surface area (Å²) in [6, 6.07) is 71.4. The number of rotatable bonds is 6. The van der Waals surface area contributed by atoms with Gasteiger partial charge in [-0.25, -0.2) is 0 Å². The Morgan fingerprint density at radius 3 is 1.67 bits per heavy atom. The second-order valence-corrected chi connectivity index (χ2v) is 17.1. The van der Waals surface area contributed by atoms with Crippen molar-refractivity contribution in [1.82, 2.24) is 4.57 Å². The van der Waals surface area contributed by atoms with Gasteiger partial charge in [0.15, 0.2) is 0 Å². The molecule has 0 fully saturated rings. The van der Waals surface area contributed by atoms with E-state index in [1.165, 1.54) is 70.1 Å². The van der Waals surface area contributed by atoms with Crippen molar-refractivity contribution in [3.63, 3.8) is 0 Å². The molecule has 0 spiro atoms. The van der Waals surface area contributed by atoms with Crippen LogP contribution in [0, 0.1) is 0 Å². The number of fused-ring (bicyclic) bond motifs is 9. The van der Waals surface area contributed by atoms with E-state index < -0.39 is 0 Å². The smallest absolute Gasteiger partial charge is 0.247 e. The Hall–Kier alpha value is -6.82. The highest BCUT2D eigenvalue weighted by molar-refractivity contribution is 7.27. The molecular formula is C53H38BN3S. The number of benzene rings is 8. The minimum absolute atomic E-state index is 0.0754. The van der Waals surface area contributed by atoms with E-state index in [-0.39, 0.29) is 12.1 Å². The van der Waals surface area contributed by atoms with Gasteiger partial charge in [0.2, 0.25) is 6.71 Å². The monoisotopic (exact) mass is 759 g/mol. The quantitative estimate of drug-likeness (QED) is 0.156. The zero-order chi connectivity index (χ0) is 38.5. The van der Waals surface area contributed by atoms with Gasteiger partial charge in [-0.05, 0) is 94.8 Å². The van der Waals surface area contributed by atoms with Crippen LogP contribution < -0.4 is 26.2 Å². The first-order chi connectivity index (χ1) is 28.6. The molecule has 10 aromatic rings. The molecule has 0 bridgehead atoms. The molecule has 4 heterocycles. The summed E-state index contributed by atoms with van der Waals surface area (Å²) in [5.74, 6) is 0. The van der Waals surface area contributed by atoms with Gasteiger partial charge in [-0.1, -0.05) is 141 Å². The van der Waals surface area contributed by atoms with Crippen molar-refractivity contribution in [2.45, 2.75) is 19.3 Å². The highest BCUT2D eigenvalue weighted by atomic mass is 32.1. The number of nitrogens with zero attached hydrogens (tertiary/aromatic N) is 3. The highest BCUT2D eigenvalue weighted by Crippen LogP contribution is 2.50. The third kappa shape index (κ3) is 4.68. The maximum absolute atomic E-state index is 2.66. The lowest BCUT2D eigenvalue weighted by atomic mass is 9.30.